The van der Waals surface area contributed by atoms with Gasteiger partial charge in [0.05, 0.1) is 5.69 Å². The third-order valence-corrected chi connectivity index (χ3v) is 2.41. The Morgan fingerprint density at radius 2 is 2.06 bits per heavy atom. The summed E-state index contributed by atoms with van der Waals surface area (Å²) >= 11 is 5.94. The third-order valence-electron chi connectivity index (χ3n) is 2.12. The number of nitrogen functional groups attached to an aromatic ring is 1. The van der Waals surface area contributed by atoms with Gasteiger partial charge in [0.15, 0.2) is 5.75 Å². The van der Waals surface area contributed by atoms with Gasteiger partial charge in [0.25, 0.3) is 0 Å². The van der Waals surface area contributed by atoms with Crippen LogP contribution in [-0.4, -0.2) is 4.98 Å². The molecule has 2 N–H and O–H groups in total. The van der Waals surface area contributed by atoms with E-state index < -0.39 is 0 Å². The second-order valence-electron chi connectivity index (χ2n) is 3.45. The topological polar surface area (TPSA) is 48.1 Å². The van der Waals surface area contributed by atoms with Gasteiger partial charge in [-0.05, 0) is 24.6 Å². The fraction of sp³-hybridized carbons (Fsp3) is 0.0833. The lowest BCUT2D eigenvalue weighted by Crippen LogP contribution is -1.93. The van der Waals surface area contributed by atoms with Crippen molar-refractivity contribution in [3.8, 4) is 11.5 Å². The van der Waals surface area contributed by atoms with Crippen LogP contribution in [0, 0.1) is 6.92 Å². The zero-order valence-electron chi connectivity index (χ0n) is 8.77. The number of pyridine rings is 1. The second kappa shape index (κ2) is 4.41. The molecule has 4 heteroatoms. The third kappa shape index (κ3) is 2.25. The molecule has 0 saturated carbocycles. The monoisotopic (exact) mass is 234 g/mol. The number of aromatic nitrogens is 1. The predicted octanol–water partition coefficient (Wildman–Crippen LogP) is 3.42. The molecule has 0 aliphatic heterocycles. The van der Waals surface area contributed by atoms with E-state index in [1.54, 1.807) is 18.3 Å². The van der Waals surface area contributed by atoms with Crippen molar-refractivity contribution in [2.75, 3.05) is 5.73 Å². The first-order valence-electron chi connectivity index (χ1n) is 4.80. The van der Waals surface area contributed by atoms with Gasteiger partial charge in [-0.3, -0.25) is 4.98 Å². The Morgan fingerprint density at radius 3 is 2.81 bits per heavy atom. The number of halogens is 1. The van der Waals surface area contributed by atoms with E-state index >= 15 is 0 Å². The number of ether oxygens (including phenoxy) is 1. The van der Waals surface area contributed by atoms with E-state index in [1.807, 2.05) is 19.1 Å². The van der Waals surface area contributed by atoms with Gasteiger partial charge in [0, 0.05) is 18.5 Å². The lowest BCUT2D eigenvalue weighted by atomic mass is 10.2. The average Bonchev–Trinajstić information content (AvgIpc) is 2.27. The SMILES string of the molecule is Cc1ccc(N)c(Oc2ccncc2Cl)c1. The molecule has 1 heterocycles. The minimum Gasteiger partial charge on any atom is -0.454 e. The highest BCUT2D eigenvalue weighted by Crippen LogP contribution is 2.32. The van der Waals surface area contributed by atoms with E-state index in [1.165, 1.54) is 6.20 Å². The van der Waals surface area contributed by atoms with Crippen molar-refractivity contribution in [2.24, 2.45) is 0 Å². The van der Waals surface area contributed by atoms with Crippen LogP contribution in [0.3, 0.4) is 0 Å². The van der Waals surface area contributed by atoms with Crippen molar-refractivity contribution >= 4 is 17.3 Å². The molecule has 0 bridgehead atoms. The first-order chi connectivity index (χ1) is 7.66. The maximum Gasteiger partial charge on any atom is 0.150 e. The summed E-state index contributed by atoms with van der Waals surface area (Å²) < 4.78 is 5.62. The number of rotatable bonds is 2. The van der Waals surface area contributed by atoms with Crippen LogP contribution in [0.2, 0.25) is 5.02 Å². The number of hydrogen-bond donors (Lipinski definition) is 1. The van der Waals surface area contributed by atoms with Crippen molar-refractivity contribution in [1.29, 1.82) is 0 Å². The summed E-state index contributed by atoms with van der Waals surface area (Å²) in [7, 11) is 0. The molecule has 0 amide bonds. The molecular weight excluding hydrogens is 224 g/mol. The second-order valence-corrected chi connectivity index (χ2v) is 3.86. The van der Waals surface area contributed by atoms with E-state index in [0.29, 0.717) is 22.2 Å². The molecular formula is C12H11ClN2O. The van der Waals surface area contributed by atoms with Crippen LogP contribution < -0.4 is 10.5 Å². The van der Waals surface area contributed by atoms with Gasteiger partial charge in [-0.2, -0.15) is 0 Å². The molecule has 16 heavy (non-hydrogen) atoms. The largest absolute Gasteiger partial charge is 0.454 e. The smallest absolute Gasteiger partial charge is 0.150 e. The Hall–Kier alpha value is -1.74. The molecule has 1 aromatic carbocycles. The van der Waals surface area contributed by atoms with Crippen LogP contribution in [0.15, 0.2) is 36.7 Å². The lowest BCUT2D eigenvalue weighted by Gasteiger charge is -2.09. The first-order valence-corrected chi connectivity index (χ1v) is 5.18. The van der Waals surface area contributed by atoms with E-state index in [9.17, 15) is 0 Å². The molecule has 2 rings (SSSR count). The average molecular weight is 235 g/mol. The molecule has 2 aromatic rings. The molecule has 0 spiro atoms. The normalized spacial score (nSPS) is 10.1. The van der Waals surface area contributed by atoms with Crippen LogP contribution in [0.5, 0.6) is 11.5 Å². The molecule has 0 fully saturated rings. The number of anilines is 1. The van der Waals surface area contributed by atoms with Crippen molar-refractivity contribution in [3.63, 3.8) is 0 Å². The number of aryl methyl sites for hydroxylation is 1. The van der Waals surface area contributed by atoms with E-state index in [-0.39, 0.29) is 0 Å². The van der Waals surface area contributed by atoms with Gasteiger partial charge in [-0.15, -0.1) is 0 Å². The molecule has 0 radical (unpaired) electrons. The molecule has 82 valence electrons. The Kier molecular flexibility index (Phi) is 2.97. The van der Waals surface area contributed by atoms with E-state index in [2.05, 4.69) is 4.98 Å². The van der Waals surface area contributed by atoms with Crippen molar-refractivity contribution in [3.05, 3.63) is 47.2 Å². The minimum atomic E-state index is 0.461. The van der Waals surface area contributed by atoms with Crippen LogP contribution >= 0.6 is 11.6 Å². The Balaban J connectivity index is 2.34. The van der Waals surface area contributed by atoms with Crippen LogP contribution in [-0.2, 0) is 0 Å². The van der Waals surface area contributed by atoms with Crippen LogP contribution in [0.1, 0.15) is 5.56 Å². The highest BCUT2D eigenvalue weighted by atomic mass is 35.5. The molecule has 1 aromatic heterocycles. The number of nitrogens with zero attached hydrogens (tertiary/aromatic N) is 1. The fourth-order valence-electron chi connectivity index (χ4n) is 1.29. The van der Waals surface area contributed by atoms with Gasteiger partial charge in [-0.1, -0.05) is 17.7 Å². The molecule has 0 aliphatic carbocycles. The zero-order valence-corrected chi connectivity index (χ0v) is 9.53. The lowest BCUT2D eigenvalue weighted by molar-refractivity contribution is 0.484. The van der Waals surface area contributed by atoms with Crippen LogP contribution in [0.4, 0.5) is 5.69 Å². The van der Waals surface area contributed by atoms with E-state index in [4.69, 9.17) is 22.1 Å². The van der Waals surface area contributed by atoms with Gasteiger partial charge in [0.2, 0.25) is 0 Å². The quantitative estimate of drug-likeness (QED) is 0.810. The molecule has 0 aliphatic rings. The number of benzene rings is 1. The maximum absolute atomic E-state index is 5.94. The molecule has 0 atom stereocenters. The molecule has 0 saturated heterocycles. The Morgan fingerprint density at radius 1 is 1.25 bits per heavy atom. The standard InChI is InChI=1S/C12H11ClN2O/c1-8-2-3-10(14)12(6-8)16-11-4-5-15-7-9(11)13/h2-7H,14H2,1H3. The van der Waals surface area contributed by atoms with Gasteiger partial charge in [0.1, 0.15) is 10.8 Å². The summed E-state index contributed by atoms with van der Waals surface area (Å²) in [6.07, 6.45) is 3.15. The summed E-state index contributed by atoms with van der Waals surface area (Å²) in [5.41, 5.74) is 7.46. The Labute approximate surface area is 98.8 Å². The molecule has 3 nitrogen and oxygen atoms in total. The van der Waals surface area contributed by atoms with Crippen molar-refractivity contribution in [1.82, 2.24) is 4.98 Å². The van der Waals surface area contributed by atoms with Crippen LogP contribution in [0.25, 0.3) is 0 Å². The summed E-state index contributed by atoms with van der Waals surface area (Å²) in [5.74, 6) is 1.15. The Bertz CT molecular complexity index is 514. The number of hydrogen-bond acceptors (Lipinski definition) is 3. The molecule has 0 unspecified atom stereocenters. The highest BCUT2D eigenvalue weighted by molar-refractivity contribution is 6.31. The minimum absolute atomic E-state index is 0.461. The fourth-order valence-corrected chi connectivity index (χ4v) is 1.45. The van der Waals surface area contributed by atoms with Crippen molar-refractivity contribution < 1.29 is 4.74 Å². The predicted molar refractivity (Wildman–Crippen MR) is 64.9 cm³/mol. The maximum atomic E-state index is 5.94. The first kappa shape index (κ1) is 10.8. The van der Waals surface area contributed by atoms with E-state index in [0.717, 1.165) is 5.56 Å². The van der Waals surface area contributed by atoms with Gasteiger partial charge < -0.3 is 10.5 Å². The van der Waals surface area contributed by atoms with Gasteiger partial charge in [-0.25, -0.2) is 0 Å². The number of nitrogens with two attached hydrogens (primary N) is 1. The van der Waals surface area contributed by atoms with Gasteiger partial charge >= 0.3 is 0 Å². The summed E-state index contributed by atoms with van der Waals surface area (Å²) in [6.45, 7) is 1.97. The summed E-state index contributed by atoms with van der Waals surface area (Å²) in [4.78, 5) is 3.88. The summed E-state index contributed by atoms with van der Waals surface area (Å²) in [6, 6.07) is 7.30. The highest BCUT2D eigenvalue weighted by Gasteiger charge is 2.05. The summed E-state index contributed by atoms with van der Waals surface area (Å²) in [5, 5.41) is 0.461. The van der Waals surface area contributed by atoms with Crippen molar-refractivity contribution in [2.45, 2.75) is 6.92 Å². The zero-order chi connectivity index (χ0) is 11.5.